The van der Waals surface area contributed by atoms with Crippen LogP contribution >= 0.6 is 0 Å². The van der Waals surface area contributed by atoms with Crippen molar-refractivity contribution < 1.29 is 14.3 Å². The molecule has 0 spiro atoms. The van der Waals surface area contributed by atoms with Gasteiger partial charge in [0.2, 0.25) is 0 Å². The molecule has 0 radical (unpaired) electrons. The summed E-state index contributed by atoms with van der Waals surface area (Å²) in [6, 6.07) is 7.87. The van der Waals surface area contributed by atoms with Gasteiger partial charge in [0.15, 0.2) is 0 Å². The van der Waals surface area contributed by atoms with Gasteiger partial charge in [-0.15, -0.1) is 0 Å². The van der Waals surface area contributed by atoms with E-state index in [1.54, 1.807) is 7.11 Å². The third-order valence-corrected chi connectivity index (χ3v) is 3.73. The van der Waals surface area contributed by atoms with E-state index in [1.165, 1.54) is 6.42 Å². The molecule has 1 saturated carbocycles. The van der Waals surface area contributed by atoms with Crippen LogP contribution in [0.5, 0.6) is 5.75 Å². The Morgan fingerprint density at radius 2 is 1.84 bits per heavy atom. The van der Waals surface area contributed by atoms with Crippen molar-refractivity contribution in [3.05, 3.63) is 29.8 Å². The lowest BCUT2D eigenvalue weighted by Gasteiger charge is -2.19. The van der Waals surface area contributed by atoms with Gasteiger partial charge in [-0.2, -0.15) is 0 Å². The summed E-state index contributed by atoms with van der Waals surface area (Å²) < 4.78 is 10.5. The van der Waals surface area contributed by atoms with E-state index in [0.717, 1.165) is 43.4 Å². The minimum Gasteiger partial charge on any atom is -0.497 e. The summed E-state index contributed by atoms with van der Waals surface area (Å²) in [5, 5.41) is 0. The lowest BCUT2D eigenvalue weighted by molar-refractivity contribution is -0.149. The maximum absolute atomic E-state index is 11.8. The van der Waals surface area contributed by atoms with Crippen LogP contribution in [0.3, 0.4) is 0 Å². The van der Waals surface area contributed by atoms with E-state index < -0.39 is 0 Å². The summed E-state index contributed by atoms with van der Waals surface area (Å²) in [6.07, 6.45) is 6.36. The molecule has 1 aliphatic carbocycles. The van der Waals surface area contributed by atoms with Crippen LogP contribution in [0.25, 0.3) is 0 Å². The van der Waals surface area contributed by atoms with Gasteiger partial charge in [-0.3, -0.25) is 4.79 Å². The molecule has 1 fully saturated rings. The van der Waals surface area contributed by atoms with Crippen molar-refractivity contribution in [2.45, 2.75) is 38.5 Å². The van der Waals surface area contributed by atoms with Crippen molar-refractivity contribution >= 4 is 5.97 Å². The zero-order valence-electron chi connectivity index (χ0n) is 11.6. The van der Waals surface area contributed by atoms with Gasteiger partial charge in [0.1, 0.15) is 5.75 Å². The first-order chi connectivity index (χ1) is 9.29. The summed E-state index contributed by atoms with van der Waals surface area (Å²) in [5.74, 6) is 0.987. The molecule has 104 valence electrons. The van der Waals surface area contributed by atoms with Gasteiger partial charge in [0.25, 0.3) is 0 Å². The lowest BCUT2D eigenvalue weighted by Crippen LogP contribution is -2.21. The number of benzene rings is 1. The van der Waals surface area contributed by atoms with E-state index in [9.17, 15) is 4.79 Å². The van der Waals surface area contributed by atoms with Crippen LogP contribution in [0, 0.1) is 5.92 Å². The SMILES string of the molecule is COc1ccc(CCOC(=O)C2CCCCC2)cc1. The van der Waals surface area contributed by atoms with Crippen molar-refractivity contribution in [3.63, 3.8) is 0 Å². The maximum atomic E-state index is 11.8. The molecular weight excluding hydrogens is 240 g/mol. The Morgan fingerprint density at radius 3 is 2.47 bits per heavy atom. The first-order valence-electron chi connectivity index (χ1n) is 7.09. The fourth-order valence-electron chi connectivity index (χ4n) is 2.52. The highest BCUT2D eigenvalue weighted by Gasteiger charge is 2.22. The van der Waals surface area contributed by atoms with Gasteiger partial charge in [-0.1, -0.05) is 31.4 Å². The van der Waals surface area contributed by atoms with Crippen LogP contribution in [0.4, 0.5) is 0 Å². The second-order valence-electron chi connectivity index (χ2n) is 5.10. The molecule has 0 unspecified atom stereocenters. The molecule has 0 atom stereocenters. The second kappa shape index (κ2) is 7.17. The number of ether oxygens (including phenoxy) is 2. The van der Waals surface area contributed by atoms with Crippen molar-refractivity contribution in [1.82, 2.24) is 0 Å². The van der Waals surface area contributed by atoms with Gasteiger partial charge in [0, 0.05) is 6.42 Å². The van der Waals surface area contributed by atoms with E-state index in [4.69, 9.17) is 9.47 Å². The molecule has 2 rings (SSSR count). The van der Waals surface area contributed by atoms with Crippen LogP contribution in [-0.4, -0.2) is 19.7 Å². The van der Waals surface area contributed by atoms with Crippen LogP contribution in [0.15, 0.2) is 24.3 Å². The Hall–Kier alpha value is -1.51. The summed E-state index contributed by atoms with van der Waals surface area (Å²) in [6.45, 7) is 0.474. The van der Waals surface area contributed by atoms with Crippen LogP contribution in [0.1, 0.15) is 37.7 Å². The molecule has 1 aromatic carbocycles. The maximum Gasteiger partial charge on any atom is 0.308 e. The molecular formula is C16H22O3. The standard InChI is InChI=1S/C16H22O3/c1-18-15-9-7-13(8-10-15)11-12-19-16(17)14-5-3-2-4-6-14/h7-10,14H,2-6,11-12H2,1H3. The number of esters is 1. The average molecular weight is 262 g/mol. The number of hydrogen-bond acceptors (Lipinski definition) is 3. The van der Waals surface area contributed by atoms with Gasteiger partial charge in [0.05, 0.1) is 19.6 Å². The molecule has 1 aliphatic rings. The number of hydrogen-bond donors (Lipinski definition) is 0. The predicted octanol–water partition coefficient (Wildman–Crippen LogP) is 3.36. The first-order valence-corrected chi connectivity index (χ1v) is 7.09. The Bertz CT molecular complexity index is 391. The van der Waals surface area contributed by atoms with Crippen molar-refractivity contribution in [1.29, 1.82) is 0 Å². The number of methoxy groups -OCH3 is 1. The Morgan fingerprint density at radius 1 is 1.16 bits per heavy atom. The Labute approximate surface area is 114 Å². The summed E-state index contributed by atoms with van der Waals surface area (Å²) >= 11 is 0. The van der Waals surface area contributed by atoms with Crippen LogP contribution < -0.4 is 4.74 Å². The molecule has 3 nitrogen and oxygen atoms in total. The largest absolute Gasteiger partial charge is 0.497 e. The molecule has 0 bridgehead atoms. The zero-order valence-corrected chi connectivity index (χ0v) is 11.6. The third-order valence-electron chi connectivity index (χ3n) is 3.73. The minimum atomic E-state index is -0.00629. The molecule has 0 aliphatic heterocycles. The molecule has 19 heavy (non-hydrogen) atoms. The molecule has 3 heteroatoms. The zero-order chi connectivity index (χ0) is 13.5. The van der Waals surface area contributed by atoms with Crippen molar-refractivity contribution in [2.75, 3.05) is 13.7 Å². The Balaban J connectivity index is 1.71. The second-order valence-corrected chi connectivity index (χ2v) is 5.10. The molecule has 0 amide bonds. The quantitative estimate of drug-likeness (QED) is 0.763. The predicted molar refractivity (Wildman–Crippen MR) is 74.2 cm³/mol. The van der Waals surface area contributed by atoms with E-state index in [0.29, 0.717) is 6.61 Å². The number of rotatable bonds is 5. The lowest BCUT2D eigenvalue weighted by atomic mass is 9.89. The molecule has 0 aromatic heterocycles. The van der Waals surface area contributed by atoms with Gasteiger partial charge in [-0.25, -0.2) is 0 Å². The summed E-state index contributed by atoms with van der Waals surface area (Å²) in [5.41, 5.74) is 1.16. The smallest absolute Gasteiger partial charge is 0.308 e. The van der Waals surface area contributed by atoms with E-state index in [2.05, 4.69) is 0 Å². The van der Waals surface area contributed by atoms with E-state index >= 15 is 0 Å². The van der Waals surface area contributed by atoms with E-state index in [1.807, 2.05) is 24.3 Å². The normalized spacial score (nSPS) is 16.1. The third kappa shape index (κ3) is 4.27. The highest BCUT2D eigenvalue weighted by atomic mass is 16.5. The summed E-state index contributed by atoms with van der Waals surface area (Å²) in [7, 11) is 1.65. The van der Waals surface area contributed by atoms with Crippen molar-refractivity contribution in [2.24, 2.45) is 5.92 Å². The molecule has 0 saturated heterocycles. The van der Waals surface area contributed by atoms with Crippen molar-refractivity contribution in [3.8, 4) is 5.75 Å². The highest BCUT2D eigenvalue weighted by Crippen LogP contribution is 2.24. The molecule has 1 aromatic rings. The fourth-order valence-corrected chi connectivity index (χ4v) is 2.52. The van der Waals surface area contributed by atoms with Gasteiger partial charge < -0.3 is 9.47 Å². The first kappa shape index (κ1) is 13.9. The monoisotopic (exact) mass is 262 g/mol. The fraction of sp³-hybridized carbons (Fsp3) is 0.562. The average Bonchev–Trinajstić information content (AvgIpc) is 2.49. The number of carbonyl (C=O) groups is 1. The van der Waals surface area contributed by atoms with Crippen LogP contribution in [0.2, 0.25) is 0 Å². The van der Waals surface area contributed by atoms with Crippen LogP contribution in [-0.2, 0) is 16.0 Å². The number of carbonyl (C=O) groups excluding carboxylic acids is 1. The highest BCUT2D eigenvalue weighted by molar-refractivity contribution is 5.72. The molecule has 0 heterocycles. The summed E-state index contributed by atoms with van der Waals surface area (Å²) in [4.78, 5) is 11.8. The topological polar surface area (TPSA) is 35.5 Å². The van der Waals surface area contributed by atoms with E-state index in [-0.39, 0.29) is 11.9 Å². The Kier molecular flexibility index (Phi) is 5.25. The van der Waals surface area contributed by atoms with Gasteiger partial charge >= 0.3 is 5.97 Å². The minimum absolute atomic E-state index is 0.00629. The molecule has 0 N–H and O–H groups in total. The van der Waals surface area contributed by atoms with Gasteiger partial charge in [-0.05, 0) is 30.5 Å².